The molecule has 0 aromatic heterocycles. The van der Waals surface area contributed by atoms with E-state index < -0.39 is 11.9 Å². The van der Waals surface area contributed by atoms with E-state index in [4.69, 9.17) is 4.74 Å². The number of allylic oxidation sites excluding steroid dienone is 1. The summed E-state index contributed by atoms with van der Waals surface area (Å²) in [6.45, 7) is 1.53. The van der Waals surface area contributed by atoms with Crippen molar-refractivity contribution in [2.45, 2.75) is 13.3 Å². The summed E-state index contributed by atoms with van der Waals surface area (Å²) < 4.78 is 4.76. The summed E-state index contributed by atoms with van der Waals surface area (Å²) in [7, 11) is 1.54. The van der Waals surface area contributed by atoms with Gasteiger partial charge in [0, 0.05) is 24.4 Å². The van der Waals surface area contributed by atoms with E-state index in [1.54, 1.807) is 37.4 Å². The fraction of sp³-hybridized carbons (Fsp3) is 0.267. The maximum Gasteiger partial charge on any atom is 0.330 e. The molecule has 0 aliphatic rings. The smallest absolute Gasteiger partial charge is 0.330 e. The Morgan fingerprint density at radius 1 is 1.19 bits per heavy atom. The molecule has 0 fully saturated rings. The van der Waals surface area contributed by atoms with Gasteiger partial charge in [0.2, 0.25) is 0 Å². The molecule has 0 saturated heterocycles. The maximum atomic E-state index is 11.6. The fourth-order valence-electron chi connectivity index (χ4n) is 1.45. The lowest BCUT2D eigenvalue weighted by Crippen LogP contribution is -2.20. The number of nitrogens with one attached hydrogen (secondary N) is 2. The molecule has 0 heterocycles. The number of rotatable bonds is 6. The first-order valence-corrected chi connectivity index (χ1v) is 6.52. The van der Waals surface area contributed by atoms with Gasteiger partial charge < -0.3 is 15.4 Å². The molecule has 112 valence electrons. The van der Waals surface area contributed by atoms with E-state index >= 15 is 0 Å². The number of hydrogen-bond donors (Lipinski definition) is 2. The van der Waals surface area contributed by atoms with Crippen LogP contribution in [0.1, 0.15) is 23.7 Å². The molecule has 1 aromatic carbocycles. The summed E-state index contributed by atoms with van der Waals surface area (Å²) in [5, 5.41) is 5.07. The lowest BCUT2D eigenvalue weighted by atomic mass is 10.2. The number of anilines is 1. The molecule has 0 aliphatic heterocycles. The first kappa shape index (κ1) is 16.4. The third kappa shape index (κ3) is 5.90. The highest BCUT2D eigenvalue weighted by Gasteiger charge is 2.07. The summed E-state index contributed by atoms with van der Waals surface area (Å²) in [4.78, 5) is 34.1. The number of carbonyl (C=O) groups excluding carboxylic acids is 3. The lowest BCUT2D eigenvalue weighted by Gasteiger charge is -2.06. The van der Waals surface area contributed by atoms with Crippen LogP contribution in [0.25, 0.3) is 0 Å². The van der Waals surface area contributed by atoms with Crippen molar-refractivity contribution in [3.05, 3.63) is 42.0 Å². The Morgan fingerprint density at radius 2 is 1.86 bits per heavy atom. The van der Waals surface area contributed by atoms with Crippen LogP contribution in [-0.4, -0.2) is 31.4 Å². The zero-order valence-electron chi connectivity index (χ0n) is 12.0. The summed E-state index contributed by atoms with van der Waals surface area (Å²) in [6.07, 6.45) is 3.65. The van der Waals surface area contributed by atoms with E-state index in [9.17, 15) is 14.4 Å². The largest absolute Gasteiger partial charge is 0.452 e. The molecule has 2 N–H and O–H groups in total. The third-order valence-electron chi connectivity index (χ3n) is 2.49. The van der Waals surface area contributed by atoms with Crippen molar-refractivity contribution < 1.29 is 19.1 Å². The summed E-state index contributed by atoms with van der Waals surface area (Å²) >= 11 is 0. The molecule has 6 heteroatoms. The van der Waals surface area contributed by atoms with E-state index in [0.717, 1.165) is 6.42 Å². The molecule has 0 bridgehead atoms. The van der Waals surface area contributed by atoms with Gasteiger partial charge in [0.05, 0.1) is 0 Å². The highest BCUT2D eigenvalue weighted by atomic mass is 16.5. The van der Waals surface area contributed by atoms with Crippen LogP contribution in [0, 0.1) is 0 Å². The van der Waals surface area contributed by atoms with E-state index in [1.165, 1.54) is 6.08 Å². The van der Waals surface area contributed by atoms with E-state index in [1.807, 2.05) is 6.92 Å². The van der Waals surface area contributed by atoms with Gasteiger partial charge in [-0.15, -0.1) is 0 Å². The maximum absolute atomic E-state index is 11.6. The Labute approximate surface area is 123 Å². The van der Waals surface area contributed by atoms with Crippen LogP contribution in [0.5, 0.6) is 0 Å². The highest BCUT2D eigenvalue weighted by Crippen LogP contribution is 2.09. The average molecular weight is 290 g/mol. The molecular weight excluding hydrogens is 272 g/mol. The standard InChI is InChI=1S/C15H18N2O4/c1-3-4-5-14(19)21-10-13(18)17-12-8-6-11(7-9-12)15(20)16-2/h4-9H,3,10H2,1-2H3,(H,16,20)(H,17,18)/b5-4+. The van der Waals surface area contributed by atoms with Crippen LogP contribution >= 0.6 is 0 Å². The van der Waals surface area contributed by atoms with Crippen LogP contribution in [0.3, 0.4) is 0 Å². The molecule has 1 rings (SSSR count). The zero-order valence-corrected chi connectivity index (χ0v) is 12.0. The summed E-state index contributed by atoms with van der Waals surface area (Å²) in [5.74, 6) is -1.20. The average Bonchev–Trinajstić information content (AvgIpc) is 2.50. The zero-order chi connectivity index (χ0) is 15.7. The Bertz CT molecular complexity index is 535. The summed E-state index contributed by atoms with van der Waals surface area (Å²) in [5.41, 5.74) is 1.01. The molecule has 0 atom stereocenters. The molecule has 21 heavy (non-hydrogen) atoms. The van der Waals surface area contributed by atoms with Crippen LogP contribution < -0.4 is 10.6 Å². The van der Waals surface area contributed by atoms with Crippen LogP contribution in [0.2, 0.25) is 0 Å². The van der Waals surface area contributed by atoms with E-state index in [2.05, 4.69) is 10.6 Å². The van der Waals surface area contributed by atoms with Gasteiger partial charge in [0.15, 0.2) is 6.61 Å². The van der Waals surface area contributed by atoms with Crippen molar-refractivity contribution in [1.29, 1.82) is 0 Å². The first-order chi connectivity index (χ1) is 10.1. The minimum atomic E-state index is -0.554. The van der Waals surface area contributed by atoms with Crippen molar-refractivity contribution in [2.24, 2.45) is 0 Å². The molecule has 0 aliphatic carbocycles. The van der Waals surface area contributed by atoms with Gasteiger partial charge in [-0.2, -0.15) is 0 Å². The Morgan fingerprint density at radius 3 is 2.43 bits per heavy atom. The predicted octanol–water partition coefficient (Wildman–Crippen LogP) is 1.49. The lowest BCUT2D eigenvalue weighted by molar-refractivity contribution is -0.142. The number of carbonyl (C=O) groups is 3. The Kier molecular flexibility index (Phi) is 6.67. The number of amides is 2. The van der Waals surface area contributed by atoms with Crippen molar-refractivity contribution >= 4 is 23.5 Å². The Balaban J connectivity index is 2.46. The van der Waals surface area contributed by atoms with E-state index in [0.29, 0.717) is 11.3 Å². The monoisotopic (exact) mass is 290 g/mol. The second-order valence-corrected chi connectivity index (χ2v) is 4.12. The molecular formula is C15H18N2O4. The minimum absolute atomic E-state index is 0.204. The minimum Gasteiger partial charge on any atom is -0.452 e. The fourth-order valence-corrected chi connectivity index (χ4v) is 1.45. The number of ether oxygens (including phenoxy) is 1. The van der Waals surface area contributed by atoms with Crippen molar-refractivity contribution in [1.82, 2.24) is 5.32 Å². The van der Waals surface area contributed by atoms with Crippen LogP contribution in [0.4, 0.5) is 5.69 Å². The molecule has 0 spiro atoms. The van der Waals surface area contributed by atoms with Gasteiger partial charge in [-0.3, -0.25) is 9.59 Å². The van der Waals surface area contributed by atoms with Gasteiger partial charge >= 0.3 is 5.97 Å². The second-order valence-electron chi connectivity index (χ2n) is 4.12. The SMILES string of the molecule is CC/C=C/C(=O)OCC(=O)Nc1ccc(C(=O)NC)cc1. The second kappa shape index (κ2) is 8.52. The normalized spacial score (nSPS) is 10.2. The molecule has 0 saturated carbocycles. The quantitative estimate of drug-likeness (QED) is 0.614. The van der Waals surface area contributed by atoms with Gasteiger partial charge in [0.1, 0.15) is 0 Å². The van der Waals surface area contributed by atoms with Gasteiger partial charge in [-0.25, -0.2) is 4.79 Å². The van der Waals surface area contributed by atoms with Crippen molar-refractivity contribution in [3.63, 3.8) is 0 Å². The van der Waals surface area contributed by atoms with Crippen LogP contribution in [0.15, 0.2) is 36.4 Å². The highest BCUT2D eigenvalue weighted by molar-refractivity contribution is 5.96. The first-order valence-electron chi connectivity index (χ1n) is 6.52. The Hall–Kier alpha value is -2.63. The number of benzene rings is 1. The van der Waals surface area contributed by atoms with Crippen molar-refractivity contribution in [2.75, 3.05) is 19.0 Å². The molecule has 2 amide bonds. The van der Waals surface area contributed by atoms with Gasteiger partial charge in [0.25, 0.3) is 11.8 Å². The molecule has 1 aromatic rings. The van der Waals surface area contributed by atoms with Gasteiger partial charge in [-0.05, 0) is 30.7 Å². The topological polar surface area (TPSA) is 84.5 Å². The van der Waals surface area contributed by atoms with Crippen LogP contribution in [-0.2, 0) is 14.3 Å². The number of esters is 1. The predicted molar refractivity (Wildman–Crippen MR) is 78.9 cm³/mol. The molecule has 0 unspecified atom stereocenters. The molecule has 6 nitrogen and oxygen atoms in total. The van der Waals surface area contributed by atoms with Crippen molar-refractivity contribution in [3.8, 4) is 0 Å². The number of hydrogen-bond acceptors (Lipinski definition) is 4. The molecule has 0 radical (unpaired) electrons. The van der Waals surface area contributed by atoms with E-state index in [-0.39, 0.29) is 12.5 Å². The summed E-state index contributed by atoms with van der Waals surface area (Å²) in [6, 6.07) is 6.37. The third-order valence-corrected chi connectivity index (χ3v) is 2.49. The van der Waals surface area contributed by atoms with Gasteiger partial charge in [-0.1, -0.05) is 13.0 Å².